The summed E-state index contributed by atoms with van der Waals surface area (Å²) in [6.45, 7) is 1.74. The Morgan fingerprint density at radius 1 is 1.15 bits per heavy atom. The molecule has 3 rings (SSSR count). The molecule has 0 spiro atoms. The van der Waals surface area contributed by atoms with Gasteiger partial charge < -0.3 is 10.6 Å². The van der Waals surface area contributed by atoms with Gasteiger partial charge in [-0.15, -0.1) is 0 Å². The predicted octanol–water partition coefficient (Wildman–Crippen LogP) is 2.66. The fourth-order valence-corrected chi connectivity index (χ4v) is 3.40. The van der Waals surface area contributed by atoms with E-state index in [-0.39, 0.29) is 6.04 Å². The lowest BCUT2D eigenvalue weighted by Gasteiger charge is -2.27. The number of nitrogens with zero attached hydrogens (tertiary/aromatic N) is 2. The van der Waals surface area contributed by atoms with Gasteiger partial charge in [0, 0.05) is 25.3 Å². The molecule has 2 heterocycles. The second-order valence-corrected chi connectivity index (χ2v) is 5.90. The van der Waals surface area contributed by atoms with Gasteiger partial charge in [-0.1, -0.05) is 0 Å². The maximum Gasteiger partial charge on any atom is 0.417 e. The third-order valence-electron chi connectivity index (χ3n) is 4.49. The number of anilines is 1. The molecule has 6 heteroatoms. The van der Waals surface area contributed by atoms with Crippen LogP contribution >= 0.6 is 0 Å². The van der Waals surface area contributed by atoms with E-state index in [1.807, 2.05) is 0 Å². The average Bonchev–Trinajstić information content (AvgIpc) is 2.80. The van der Waals surface area contributed by atoms with E-state index in [9.17, 15) is 13.2 Å². The molecule has 1 saturated carbocycles. The monoisotopic (exact) mass is 285 g/mol. The van der Waals surface area contributed by atoms with Crippen molar-refractivity contribution in [2.75, 3.05) is 18.0 Å². The van der Waals surface area contributed by atoms with Crippen LogP contribution in [0.25, 0.3) is 0 Å². The number of alkyl halides is 3. The number of nitrogens with two attached hydrogens (primary N) is 1. The van der Waals surface area contributed by atoms with Crippen molar-refractivity contribution in [3.05, 3.63) is 23.9 Å². The third-order valence-corrected chi connectivity index (χ3v) is 4.49. The molecule has 20 heavy (non-hydrogen) atoms. The summed E-state index contributed by atoms with van der Waals surface area (Å²) < 4.78 is 37.5. The van der Waals surface area contributed by atoms with Crippen LogP contribution in [-0.4, -0.2) is 24.1 Å². The molecule has 1 saturated heterocycles. The third kappa shape index (κ3) is 2.61. The molecular weight excluding hydrogens is 267 g/mol. The fraction of sp³-hybridized carbons (Fsp3) is 0.643. The normalized spacial score (nSPS) is 30.4. The van der Waals surface area contributed by atoms with E-state index in [0.717, 1.165) is 44.6 Å². The summed E-state index contributed by atoms with van der Waals surface area (Å²) >= 11 is 0. The summed E-state index contributed by atoms with van der Waals surface area (Å²) in [5.41, 5.74) is 5.29. The van der Waals surface area contributed by atoms with E-state index in [0.29, 0.717) is 17.7 Å². The molecule has 1 unspecified atom stereocenters. The van der Waals surface area contributed by atoms with Crippen molar-refractivity contribution in [2.45, 2.75) is 31.5 Å². The topological polar surface area (TPSA) is 42.1 Å². The number of halogens is 3. The second-order valence-electron chi connectivity index (χ2n) is 5.90. The van der Waals surface area contributed by atoms with Gasteiger partial charge in [0.25, 0.3) is 0 Å². The van der Waals surface area contributed by atoms with Crippen LogP contribution in [-0.2, 0) is 6.18 Å². The van der Waals surface area contributed by atoms with Crippen LogP contribution in [0, 0.1) is 11.8 Å². The first-order chi connectivity index (χ1) is 9.43. The van der Waals surface area contributed by atoms with E-state index in [2.05, 4.69) is 9.88 Å². The van der Waals surface area contributed by atoms with Gasteiger partial charge in [0.1, 0.15) is 5.82 Å². The SMILES string of the molecule is NC1CC[C@@H]2CN(c3ccc(C(F)(F)F)cn3)C[C@@H]2C1. The first-order valence-corrected chi connectivity index (χ1v) is 6.97. The van der Waals surface area contributed by atoms with E-state index in [4.69, 9.17) is 5.73 Å². The van der Waals surface area contributed by atoms with Crippen molar-refractivity contribution in [3.63, 3.8) is 0 Å². The minimum absolute atomic E-state index is 0.275. The summed E-state index contributed by atoms with van der Waals surface area (Å²) in [6.07, 6.45) is -0.222. The summed E-state index contributed by atoms with van der Waals surface area (Å²) in [6, 6.07) is 2.85. The molecule has 0 aromatic carbocycles. The van der Waals surface area contributed by atoms with Gasteiger partial charge in [0.2, 0.25) is 0 Å². The van der Waals surface area contributed by atoms with Crippen LogP contribution < -0.4 is 10.6 Å². The summed E-state index contributed by atoms with van der Waals surface area (Å²) in [5.74, 6) is 1.81. The Morgan fingerprint density at radius 2 is 1.90 bits per heavy atom. The molecule has 2 fully saturated rings. The molecular formula is C14H18F3N3. The maximum absolute atomic E-state index is 12.5. The Hall–Kier alpha value is -1.30. The first kappa shape index (κ1) is 13.7. The van der Waals surface area contributed by atoms with Crippen LogP contribution in [0.15, 0.2) is 18.3 Å². The first-order valence-electron chi connectivity index (χ1n) is 6.97. The molecule has 0 radical (unpaired) electrons. The smallest absolute Gasteiger partial charge is 0.356 e. The van der Waals surface area contributed by atoms with Crippen LogP contribution in [0.3, 0.4) is 0 Å². The quantitative estimate of drug-likeness (QED) is 0.862. The van der Waals surface area contributed by atoms with Crippen molar-refractivity contribution in [1.29, 1.82) is 0 Å². The van der Waals surface area contributed by atoms with Gasteiger partial charge in [-0.3, -0.25) is 0 Å². The molecule has 1 aromatic rings. The van der Waals surface area contributed by atoms with Crippen LogP contribution in [0.1, 0.15) is 24.8 Å². The average molecular weight is 285 g/mol. The van der Waals surface area contributed by atoms with E-state index < -0.39 is 11.7 Å². The molecule has 2 aliphatic rings. The van der Waals surface area contributed by atoms with Gasteiger partial charge in [-0.05, 0) is 43.2 Å². The zero-order chi connectivity index (χ0) is 14.3. The number of hydrogen-bond acceptors (Lipinski definition) is 3. The summed E-state index contributed by atoms with van der Waals surface area (Å²) in [4.78, 5) is 6.07. The Kier molecular flexibility index (Phi) is 3.36. The molecule has 0 amide bonds. The van der Waals surface area contributed by atoms with Crippen molar-refractivity contribution in [2.24, 2.45) is 17.6 Å². The predicted molar refractivity (Wildman–Crippen MR) is 70.3 cm³/mol. The minimum atomic E-state index is -4.32. The zero-order valence-corrected chi connectivity index (χ0v) is 11.1. The lowest BCUT2D eigenvalue weighted by atomic mass is 9.79. The molecule has 110 valence electrons. The number of hydrogen-bond donors (Lipinski definition) is 1. The largest absolute Gasteiger partial charge is 0.417 e. The van der Waals surface area contributed by atoms with Crippen molar-refractivity contribution in [1.82, 2.24) is 4.98 Å². The molecule has 1 aliphatic carbocycles. The highest BCUT2D eigenvalue weighted by Crippen LogP contribution is 2.37. The standard InChI is InChI=1S/C14H18F3N3/c15-14(16,17)11-2-4-13(19-6-11)20-7-9-1-3-12(18)5-10(9)8-20/h2,4,6,9-10,12H,1,3,5,7-8,18H2/t9-,10+,12?/m1/s1. The highest BCUT2D eigenvalue weighted by atomic mass is 19.4. The van der Waals surface area contributed by atoms with Crippen LogP contribution in [0.2, 0.25) is 0 Å². The van der Waals surface area contributed by atoms with Crippen molar-refractivity contribution in [3.8, 4) is 0 Å². The van der Waals surface area contributed by atoms with Gasteiger partial charge in [0.15, 0.2) is 0 Å². The Labute approximate surface area is 116 Å². The molecule has 0 bridgehead atoms. The summed E-state index contributed by atoms with van der Waals surface area (Å²) in [5, 5.41) is 0. The van der Waals surface area contributed by atoms with Crippen molar-refractivity contribution >= 4 is 5.82 Å². The molecule has 1 aliphatic heterocycles. The van der Waals surface area contributed by atoms with Crippen LogP contribution in [0.4, 0.5) is 19.0 Å². The van der Waals surface area contributed by atoms with Crippen LogP contribution in [0.5, 0.6) is 0 Å². The number of rotatable bonds is 1. The Bertz CT molecular complexity index is 472. The van der Waals surface area contributed by atoms with Gasteiger partial charge in [-0.2, -0.15) is 13.2 Å². The lowest BCUT2D eigenvalue weighted by Crippen LogP contribution is -2.32. The number of aromatic nitrogens is 1. The van der Waals surface area contributed by atoms with E-state index >= 15 is 0 Å². The van der Waals surface area contributed by atoms with E-state index in [1.165, 1.54) is 6.07 Å². The Balaban J connectivity index is 1.71. The van der Waals surface area contributed by atoms with Gasteiger partial charge in [-0.25, -0.2) is 4.98 Å². The maximum atomic E-state index is 12.5. The number of pyridine rings is 1. The fourth-order valence-electron chi connectivity index (χ4n) is 3.40. The highest BCUT2D eigenvalue weighted by molar-refractivity contribution is 5.41. The highest BCUT2D eigenvalue weighted by Gasteiger charge is 2.37. The summed E-state index contributed by atoms with van der Waals surface area (Å²) in [7, 11) is 0. The number of fused-ring (bicyclic) bond motifs is 1. The zero-order valence-electron chi connectivity index (χ0n) is 11.1. The molecule has 2 N–H and O–H groups in total. The van der Waals surface area contributed by atoms with Crippen molar-refractivity contribution < 1.29 is 13.2 Å². The lowest BCUT2D eigenvalue weighted by molar-refractivity contribution is -0.137. The second kappa shape index (κ2) is 4.91. The van der Waals surface area contributed by atoms with E-state index in [1.54, 1.807) is 0 Å². The van der Waals surface area contributed by atoms with Gasteiger partial charge >= 0.3 is 6.18 Å². The molecule has 3 nitrogen and oxygen atoms in total. The molecule has 1 aromatic heterocycles. The molecule has 3 atom stereocenters. The minimum Gasteiger partial charge on any atom is -0.356 e. The Morgan fingerprint density at radius 3 is 2.55 bits per heavy atom. The van der Waals surface area contributed by atoms with Gasteiger partial charge in [0.05, 0.1) is 5.56 Å².